The van der Waals surface area contributed by atoms with Crippen molar-refractivity contribution in [1.82, 2.24) is 20.0 Å². The zero-order chi connectivity index (χ0) is 18.1. The Bertz CT molecular complexity index is 709. The van der Waals surface area contributed by atoms with Crippen molar-refractivity contribution < 1.29 is 18.7 Å². The molecule has 140 valence electrons. The van der Waals surface area contributed by atoms with Gasteiger partial charge in [-0.25, -0.2) is 4.79 Å². The molecule has 0 aromatic carbocycles. The summed E-state index contributed by atoms with van der Waals surface area (Å²) in [7, 11) is 1.70. The van der Waals surface area contributed by atoms with Gasteiger partial charge in [0.25, 0.3) is 5.91 Å². The number of morpholine rings is 1. The van der Waals surface area contributed by atoms with E-state index >= 15 is 0 Å². The molecule has 4 rings (SSSR count). The molecule has 1 fully saturated rings. The fourth-order valence-corrected chi connectivity index (χ4v) is 3.78. The van der Waals surface area contributed by atoms with Crippen LogP contribution < -0.4 is 5.32 Å². The first-order valence-corrected chi connectivity index (χ1v) is 9.05. The van der Waals surface area contributed by atoms with E-state index < -0.39 is 6.04 Å². The van der Waals surface area contributed by atoms with Crippen molar-refractivity contribution in [3.8, 4) is 0 Å². The van der Waals surface area contributed by atoms with Gasteiger partial charge < -0.3 is 19.4 Å². The normalized spacial score (nSPS) is 24.3. The number of rotatable bonds is 5. The number of furan rings is 1. The second kappa shape index (κ2) is 7.13. The van der Waals surface area contributed by atoms with Crippen molar-refractivity contribution in [3.05, 3.63) is 35.4 Å². The van der Waals surface area contributed by atoms with Crippen LogP contribution in [0.2, 0.25) is 0 Å². The van der Waals surface area contributed by atoms with E-state index in [2.05, 4.69) is 10.2 Å². The fraction of sp³-hybridized carbons (Fsp3) is 0.556. The molecule has 8 heteroatoms. The van der Waals surface area contributed by atoms with E-state index in [0.29, 0.717) is 24.4 Å². The molecule has 4 heterocycles. The molecule has 1 aromatic rings. The zero-order valence-electron chi connectivity index (χ0n) is 14.9. The largest absolute Gasteiger partial charge is 0.467 e. The summed E-state index contributed by atoms with van der Waals surface area (Å²) in [5, 5.41) is 2.86. The number of hydrogen-bond donors (Lipinski definition) is 1. The van der Waals surface area contributed by atoms with E-state index in [1.165, 1.54) is 4.90 Å². The van der Waals surface area contributed by atoms with E-state index in [-0.39, 0.29) is 11.9 Å². The minimum Gasteiger partial charge on any atom is -0.467 e. The van der Waals surface area contributed by atoms with E-state index in [9.17, 15) is 9.59 Å². The molecule has 0 bridgehead atoms. The average Bonchev–Trinajstić information content (AvgIpc) is 3.29. The molecule has 3 aliphatic rings. The highest BCUT2D eigenvalue weighted by Crippen LogP contribution is 2.35. The summed E-state index contributed by atoms with van der Waals surface area (Å²) in [6.45, 7) is 5.56. The van der Waals surface area contributed by atoms with Gasteiger partial charge in [-0.2, -0.15) is 0 Å². The first-order chi connectivity index (χ1) is 12.6. The standard InChI is InChI=1S/C18H24N4O4/c1-20-13-12-22(6-3-5-21-7-10-25-11-8-21)17(23)15(13)16(19-18(20)24)14-4-2-9-26-14/h2,4,9,16H,3,5-8,10-12H2,1H3,(H,19,24)/t16-/m0/s1. The lowest BCUT2D eigenvalue weighted by atomic mass is 10.0. The third-order valence-electron chi connectivity index (χ3n) is 5.27. The molecule has 0 unspecified atom stereocenters. The summed E-state index contributed by atoms with van der Waals surface area (Å²) in [6, 6.07) is 2.82. The third-order valence-corrected chi connectivity index (χ3v) is 5.27. The number of nitrogens with zero attached hydrogens (tertiary/aromatic N) is 3. The maximum absolute atomic E-state index is 13.0. The fourth-order valence-electron chi connectivity index (χ4n) is 3.78. The minimum absolute atomic E-state index is 0.0183. The molecular weight excluding hydrogens is 336 g/mol. The summed E-state index contributed by atoms with van der Waals surface area (Å²) in [6.07, 6.45) is 2.46. The third kappa shape index (κ3) is 3.10. The van der Waals surface area contributed by atoms with Crippen molar-refractivity contribution in [2.75, 3.05) is 53.0 Å². The highest BCUT2D eigenvalue weighted by Gasteiger charge is 2.43. The van der Waals surface area contributed by atoms with Crippen LogP contribution in [0.4, 0.5) is 4.79 Å². The predicted octanol–water partition coefficient (Wildman–Crippen LogP) is 0.794. The van der Waals surface area contributed by atoms with Crippen molar-refractivity contribution in [1.29, 1.82) is 0 Å². The van der Waals surface area contributed by atoms with Gasteiger partial charge in [-0.15, -0.1) is 0 Å². The minimum atomic E-state index is -0.513. The van der Waals surface area contributed by atoms with Crippen LogP contribution in [0, 0.1) is 0 Å². The van der Waals surface area contributed by atoms with E-state index in [4.69, 9.17) is 9.15 Å². The van der Waals surface area contributed by atoms with Gasteiger partial charge in [-0.1, -0.05) is 0 Å². The Labute approximate surface area is 152 Å². The van der Waals surface area contributed by atoms with Gasteiger partial charge in [0, 0.05) is 33.2 Å². The monoisotopic (exact) mass is 360 g/mol. The highest BCUT2D eigenvalue weighted by atomic mass is 16.5. The lowest BCUT2D eigenvalue weighted by molar-refractivity contribution is -0.126. The zero-order valence-corrected chi connectivity index (χ0v) is 14.9. The van der Waals surface area contributed by atoms with Crippen molar-refractivity contribution in [2.45, 2.75) is 12.5 Å². The smallest absolute Gasteiger partial charge is 0.322 e. The molecule has 1 atom stereocenters. The maximum atomic E-state index is 13.0. The van der Waals surface area contributed by atoms with Crippen LogP contribution in [0.1, 0.15) is 18.2 Å². The Morgan fingerprint density at radius 2 is 2.04 bits per heavy atom. The Hall–Kier alpha value is -2.32. The molecule has 0 spiro atoms. The molecule has 3 amide bonds. The summed E-state index contributed by atoms with van der Waals surface area (Å²) in [4.78, 5) is 31.0. The van der Waals surface area contributed by atoms with Gasteiger partial charge in [-0.3, -0.25) is 14.6 Å². The molecule has 0 radical (unpaired) electrons. The van der Waals surface area contributed by atoms with Gasteiger partial charge in [0.1, 0.15) is 11.8 Å². The maximum Gasteiger partial charge on any atom is 0.322 e. The van der Waals surface area contributed by atoms with Crippen LogP contribution >= 0.6 is 0 Å². The van der Waals surface area contributed by atoms with Crippen LogP contribution in [0.5, 0.6) is 0 Å². The topological polar surface area (TPSA) is 78.3 Å². The molecule has 1 aromatic heterocycles. The summed E-state index contributed by atoms with van der Waals surface area (Å²) >= 11 is 0. The van der Waals surface area contributed by atoms with E-state index in [1.807, 2.05) is 4.90 Å². The van der Waals surface area contributed by atoms with Gasteiger partial charge >= 0.3 is 6.03 Å². The summed E-state index contributed by atoms with van der Waals surface area (Å²) in [5.74, 6) is 0.567. The Morgan fingerprint density at radius 1 is 1.23 bits per heavy atom. The number of amides is 3. The molecule has 8 nitrogen and oxygen atoms in total. The number of hydrogen-bond acceptors (Lipinski definition) is 5. The molecule has 0 aliphatic carbocycles. The molecule has 0 saturated carbocycles. The lowest BCUT2D eigenvalue weighted by Crippen LogP contribution is -2.45. The molecule has 1 N–H and O–H groups in total. The van der Waals surface area contributed by atoms with Gasteiger partial charge in [0.2, 0.25) is 0 Å². The quantitative estimate of drug-likeness (QED) is 0.840. The first kappa shape index (κ1) is 17.1. The van der Waals surface area contributed by atoms with Crippen LogP contribution in [0.3, 0.4) is 0 Å². The number of likely N-dealkylation sites (N-methyl/N-ethyl adjacent to an activating group) is 1. The lowest BCUT2D eigenvalue weighted by Gasteiger charge is -2.29. The van der Waals surface area contributed by atoms with Crippen molar-refractivity contribution in [3.63, 3.8) is 0 Å². The second-order valence-electron chi connectivity index (χ2n) is 6.85. The van der Waals surface area contributed by atoms with Crippen LogP contribution in [-0.4, -0.2) is 79.6 Å². The second-order valence-corrected chi connectivity index (χ2v) is 6.85. The number of urea groups is 1. The molecular formula is C18H24N4O4. The van der Waals surface area contributed by atoms with E-state index in [1.54, 1.807) is 25.4 Å². The number of carbonyl (C=O) groups is 2. The number of ether oxygens (including phenoxy) is 1. The van der Waals surface area contributed by atoms with Crippen LogP contribution in [0.15, 0.2) is 34.1 Å². The van der Waals surface area contributed by atoms with Crippen LogP contribution in [0.25, 0.3) is 0 Å². The Balaban J connectivity index is 1.44. The van der Waals surface area contributed by atoms with Crippen molar-refractivity contribution in [2.24, 2.45) is 0 Å². The average molecular weight is 360 g/mol. The van der Waals surface area contributed by atoms with Gasteiger partial charge in [0.15, 0.2) is 0 Å². The highest BCUT2D eigenvalue weighted by molar-refractivity contribution is 6.01. The molecule has 3 aliphatic heterocycles. The van der Waals surface area contributed by atoms with Gasteiger partial charge in [-0.05, 0) is 18.6 Å². The SMILES string of the molecule is CN1C(=O)N[C@@H](c2ccco2)C2=C1CN(CCCN1CCOCC1)C2=O. The van der Waals surface area contributed by atoms with Crippen molar-refractivity contribution >= 4 is 11.9 Å². The Morgan fingerprint density at radius 3 is 2.77 bits per heavy atom. The van der Waals surface area contributed by atoms with E-state index in [0.717, 1.165) is 45.0 Å². The van der Waals surface area contributed by atoms with Crippen LogP contribution in [-0.2, 0) is 9.53 Å². The van der Waals surface area contributed by atoms with Gasteiger partial charge in [0.05, 0.1) is 37.3 Å². The summed E-state index contributed by atoms with van der Waals surface area (Å²) in [5.41, 5.74) is 1.39. The number of nitrogens with one attached hydrogen (secondary N) is 1. The molecule has 26 heavy (non-hydrogen) atoms. The Kier molecular flexibility index (Phi) is 4.69. The predicted molar refractivity (Wildman–Crippen MR) is 93.2 cm³/mol. The first-order valence-electron chi connectivity index (χ1n) is 9.05. The number of carbonyl (C=O) groups excluding carboxylic acids is 2. The molecule has 1 saturated heterocycles. The summed E-state index contributed by atoms with van der Waals surface area (Å²) < 4.78 is 10.8.